The standard InChI is InChI=1S/C15H17N3O3/c1-15(2,14(20)21)18(3)13(19)12-9-11(16-17-12)10-7-5-4-6-8-10/h4-9H,1-3H3,(H,16,17)(H,20,21). The predicted molar refractivity (Wildman–Crippen MR) is 77.8 cm³/mol. The number of amides is 1. The first-order valence-electron chi connectivity index (χ1n) is 6.46. The molecule has 0 bridgehead atoms. The molecule has 0 atom stereocenters. The highest BCUT2D eigenvalue weighted by Gasteiger charge is 2.36. The lowest BCUT2D eigenvalue weighted by atomic mass is 10.0. The summed E-state index contributed by atoms with van der Waals surface area (Å²) in [5.41, 5.74) is 0.480. The van der Waals surface area contributed by atoms with Crippen LogP contribution in [0.3, 0.4) is 0 Å². The number of hydrogen-bond donors (Lipinski definition) is 2. The molecular weight excluding hydrogens is 270 g/mol. The summed E-state index contributed by atoms with van der Waals surface area (Å²) in [5, 5.41) is 15.9. The Hall–Kier alpha value is -2.63. The summed E-state index contributed by atoms with van der Waals surface area (Å²) < 4.78 is 0. The van der Waals surface area contributed by atoms with E-state index in [0.29, 0.717) is 5.69 Å². The first kappa shape index (κ1) is 14.8. The van der Waals surface area contributed by atoms with Crippen LogP contribution in [-0.4, -0.2) is 44.7 Å². The molecule has 0 aliphatic rings. The largest absolute Gasteiger partial charge is 0.480 e. The molecule has 2 rings (SSSR count). The molecule has 2 aromatic rings. The fraction of sp³-hybridized carbons (Fsp3) is 0.267. The zero-order valence-electron chi connectivity index (χ0n) is 12.1. The molecule has 1 aromatic carbocycles. The number of aliphatic carboxylic acids is 1. The number of carbonyl (C=O) groups is 2. The van der Waals surface area contributed by atoms with Crippen LogP contribution in [0.4, 0.5) is 0 Å². The highest BCUT2D eigenvalue weighted by atomic mass is 16.4. The normalized spacial score (nSPS) is 11.2. The summed E-state index contributed by atoms with van der Waals surface area (Å²) in [4.78, 5) is 24.7. The maximum absolute atomic E-state index is 12.3. The lowest BCUT2D eigenvalue weighted by Gasteiger charge is -2.30. The minimum atomic E-state index is -1.30. The van der Waals surface area contributed by atoms with Crippen molar-refractivity contribution in [2.45, 2.75) is 19.4 Å². The Morgan fingerprint density at radius 1 is 1.24 bits per heavy atom. The van der Waals surface area contributed by atoms with Crippen molar-refractivity contribution in [2.75, 3.05) is 7.05 Å². The third-order valence-electron chi connectivity index (χ3n) is 3.54. The topological polar surface area (TPSA) is 86.3 Å². The number of carboxylic acid groups (broad SMARTS) is 1. The molecule has 1 heterocycles. The van der Waals surface area contributed by atoms with Crippen LogP contribution in [0.15, 0.2) is 36.4 Å². The molecule has 110 valence electrons. The van der Waals surface area contributed by atoms with E-state index in [1.807, 2.05) is 30.3 Å². The van der Waals surface area contributed by atoms with Gasteiger partial charge in [0.1, 0.15) is 11.2 Å². The Kier molecular flexibility index (Phi) is 3.80. The Balaban J connectivity index is 2.26. The number of likely N-dealkylation sites (N-methyl/N-ethyl adjacent to an activating group) is 1. The molecule has 0 radical (unpaired) electrons. The van der Waals surface area contributed by atoms with Crippen molar-refractivity contribution in [2.24, 2.45) is 0 Å². The number of aromatic nitrogens is 2. The highest BCUT2D eigenvalue weighted by Crippen LogP contribution is 2.20. The van der Waals surface area contributed by atoms with Crippen LogP contribution in [0.25, 0.3) is 11.3 Å². The van der Waals surface area contributed by atoms with Crippen molar-refractivity contribution < 1.29 is 14.7 Å². The van der Waals surface area contributed by atoms with Gasteiger partial charge in [-0.3, -0.25) is 9.89 Å². The zero-order valence-corrected chi connectivity index (χ0v) is 12.1. The van der Waals surface area contributed by atoms with E-state index in [1.54, 1.807) is 6.07 Å². The third kappa shape index (κ3) is 2.79. The quantitative estimate of drug-likeness (QED) is 0.900. The number of benzene rings is 1. The number of hydrogen-bond acceptors (Lipinski definition) is 3. The molecule has 2 N–H and O–H groups in total. The van der Waals surface area contributed by atoms with Crippen molar-refractivity contribution >= 4 is 11.9 Å². The average molecular weight is 287 g/mol. The van der Waals surface area contributed by atoms with Crippen molar-refractivity contribution in [1.82, 2.24) is 15.1 Å². The lowest BCUT2D eigenvalue weighted by molar-refractivity contribution is -0.147. The minimum Gasteiger partial charge on any atom is -0.480 e. The molecule has 0 saturated heterocycles. The lowest BCUT2D eigenvalue weighted by Crippen LogP contribution is -2.50. The summed E-state index contributed by atoms with van der Waals surface area (Å²) in [6.07, 6.45) is 0. The van der Waals surface area contributed by atoms with Crippen LogP contribution in [0, 0.1) is 0 Å². The smallest absolute Gasteiger partial charge is 0.329 e. The molecule has 0 saturated carbocycles. The van der Waals surface area contributed by atoms with Gasteiger partial charge in [0.25, 0.3) is 5.91 Å². The number of rotatable bonds is 4. The Bertz CT molecular complexity index is 662. The summed E-state index contributed by atoms with van der Waals surface area (Å²) >= 11 is 0. The fourth-order valence-corrected chi connectivity index (χ4v) is 1.77. The third-order valence-corrected chi connectivity index (χ3v) is 3.54. The van der Waals surface area contributed by atoms with Gasteiger partial charge in [0.15, 0.2) is 0 Å². The van der Waals surface area contributed by atoms with E-state index < -0.39 is 17.4 Å². The van der Waals surface area contributed by atoms with E-state index in [-0.39, 0.29) is 5.69 Å². The zero-order chi connectivity index (χ0) is 15.6. The molecule has 1 amide bonds. The van der Waals surface area contributed by atoms with Gasteiger partial charge in [-0.25, -0.2) is 4.79 Å². The highest BCUT2D eigenvalue weighted by molar-refractivity contribution is 5.96. The number of H-pyrrole nitrogens is 1. The maximum atomic E-state index is 12.3. The average Bonchev–Trinajstić information content (AvgIpc) is 2.96. The number of carbonyl (C=O) groups excluding carboxylic acids is 1. The van der Waals surface area contributed by atoms with Gasteiger partial charge in [0.2, 0.25) is 0 Å². The number of carboxylic acids is 1. The Morgan fingerprint density at radius 3 is 2.43 bits per heavy atom. The Labute approximate surface area is 122 Å². The second kappa shape index (κ2) is 5.40. The van der Waals surface area contributed by atoms with E-state index in [9.17, 15) is 14.7 Å². The number of nitrogens with one attached hydrogen (secondary N) is 1. The predicted octanol–water partition coefficient (Wildman–Crippen LogP) is 2.01. The first-order valence-corrected chi connectivity index (χ1v) is 6.46. The molecule has 6 heteroatoms. The molecule has 0 unspecified atom stereocenters. The molecule has 1 aromatic heterocycles. The van der Waals surface area contributed by atoms with Crippen molar-refractivity contribution in [1.29, 1.82) is 0 Å². The van der Waals surface area contributed by atoms with Gasteiger partial charge < -0.3 is 10.0 Å². The molecule has 0 fully saturated rings. The van der Waals surface area contributed by atoms with E-state index >= 15 is 0 Å². The first-order chi connectivity index (χ1) is 9.84. The van der Waals surface area contributed by atoms with E-state index in [1.165, 1.54) is 25.8 Å². The molecular formula is C15H17N3O3. The number of nitrogens with zero attached hydrogens (tertiary/aromatic N) is 2. The van der Waals surface area contributed by atoms with Gasteiger partial charge in [-0.15, -0.1) is 0 Å². The van der Waals surface area contributed by atoms with Gasteiger partial charge in [-0.1, -0.05) is 30.3 Å². The van der Waals surface area contributed by atoms with Gasteiger partial charge >= 0.3 is 5.97 Å². The summed E-state index contributed by atoms with van der Waals surface area (Å²) in [5.74, 6) is -1.49. The summed E-state index contributed by atoms with van der Waals surface area (Å²) in [6, 6.07) is 11.0. The van der Waals surface area contributed by atoms with Gasteiger partial charge in [-0.05, 0) is 19.9 Å². The van der Waals surface area contributed by atoms with Crippen LogP contribution in [0.2, 0.25) is 0 Å². The monoisotopic (exact) mass is 287 g/mol. The van der Waals surface area contributed by atoms with E-state index in [0.717, 1.165) is 5.56 Å². The van der Waals surface area contributed by atoms with Gasteiger partial charge in [0, 0.05) is 12.6 Å². The summed E-state index contributed by atoms with van der Waals surface area (Å²) in [6.45, 7) is 2.95. The second-order valence-corrected chi connectivity index (χ2v) is 5.26. The fourth-order valence-electron chi connectivity index (χ4n) is 1.77. The van der Waals surface area contributed by atoms with Crippen LogP contribution in [-0.2, 0) is 4.79 Å². The Morgan fingerprint density at radius 2 is 1.86 bits per heavy atom. The molecule has 21 heavy (non-hydrogen) atoms. The van der Waals surface area contributed by atoms with Crippen LogP contribution in [0.5, 0.6) is 0 Å². The number of aromatic amines is 1. The van der Waals surface area contributed by atoms with Gasteiger partial charge in [-0.2, -0.15) is 5.10 Å². The maximum Gasteiger partial charge on any atom is 0.329 e. The van der Waals surface area contributed by atoms with E-state index in [4.69, 9.17) is 0 Å². The van der Waals surface area contributed by atoms with Crippen LogP contribution in [0.1, 0.15) is 24.3 Å². The van der Waals surface area contributed by atoms with Crippen molar-refractivity contribution in [3.05, 3.63) is 42.1 Å². The van der Waals surface area contributed by atoms with Crippen LogP contribution >= 0.6 is 0 Å². The molecule has 0 aliphatic carbocycles. The molecule has 6 nitrogen and oxygen atoms in total. The van der Waals surface area contributed by atoms with Crippen molar-refractivity contribution in [3.63, 3.8) is 0 Å². The minimum absolute atomic E-state index is 0.255. The van der Waals surface area contributed by atoms with Gasteiger partial charge in [0.05, 0.1) is 5.69 Å². The molecule has 0 aliphatic heterocycles. The second-order valence-electron chi connectivity index (χ2n) is 5.26. The van der Waals surface area contributed by atoms with Crippen molar-refractivity contribution in [3.8, 4) is 11.3 Å². The summed E-state index contributed by atoms with van der Waals surface area (Å²) in [7, 11) is 1.46. The van der Waals surface area contributed by atoms with Crippen LogP contribution < -0.4 is 0 Å². The van der Waals surface area contributed by atoms with E-state index in [2.05, 4.69) is 10.2 Å². The molecule has 0 spiro atoms. The SMILES string of the molecule is CN(C(=O)c1cc(-c2ccccc2)n[nH]1)C(C)(C)C(=O)O.